The van der Waals surface area contributed by atoms with E-state index in [2.05, 4.69) is 23.2 Å². The molecule has 3 atom stereocenters. The molecule has 1 aliphatic carbocycles. The minimum absolute atomic E-state index is 0.0968. The van der Waals surface area contributed by atoms with Gasteiger partial charge in [-0.15, -0.1) is 0 Å². The lowest BCUT2D eigenvalue weighted by molar-refractivity contribution is -0.163. The minimum atomic E-state index is -1.22. The zero-order chi connectivity index (χ0) is 23.3. The number of ether oxygens (including phenoxy) is 1. The maximum atomic E-state index is 13.8. The van der Waals surface area contributed by atoms with Crippen molar-refractivity contribution in [2.75, 3.05) is 13.3 Å². The quantitative estimate of drug-likeness (QED) is 0.637. The third-order valence-corrected chi connectivity index (χ3v) is 7.32. The summed E-state index contributed by atoms with van der Waals surface area (Å²) in [5.41, 5.74) is 1.64. The maximum Gasteiger partial charge on any atom is 0.277 e. The molecule has 1 saturated carbocycles. The van der Waals surface area contributed by atoms with Crippen LogP contribution in [-0.4, -0.2) is 56.0 Å². The van der Waals surface area contributed by atoms with Gasteiger partial charge < -0.3 is 19.8 Å². The Morgan fingerprint density at radius 3 is 2.56 bits per heavy atom. The number of carbonyl (C=O) groups is 1. The number of hydrogen-bond donors (Lipinski definition) is 2. The van der Waals surface area contributed by atoms with Crippen LogP contribution in [0, 0.1) is 0 Å². The van der Waals surface area contributed by atoms with Crippen molar-refractivity contribution in [1.29, 1.82) is 0 Å². The molecule has 1 spiro atoms. The van der Waals surface area contributed by atoms with Gasteiger partial charge in [-0.1, -0.05) is 54.6 Å². The van der Waals surface area contributed by atoms with Gasteiger partial charge in [0.2, 0.25) is 0 Å². The highest BCUT2D eigenvalue weighted by Crippen LogP contribution is 2.46. The second kappa shape index (κ2) is 8.04. The van der Waals surface area contributed by atoms with E-state index in [9.17, 15) is 15.0 Å². The predicted octanol–water partition coefficient (Wildman–Crippen LogP) is 3.62. The number of aliphatic hydroxyl groups is 2. The molecule has 6 rings (SSSR count). The van der Waals surface area contributed by atoms with Crippen LogP contribution in [0.5, 0.6) is 5.75 Å². The molecule has 3 aliphatic heterocycles. The van der Waals surface area contributed by atoms with Gasteiger partial charge in [-0.25, -0.2) is 0 Å². The van der Waals surface area contributed by atoms with Crippen LogP contribution in [0.15, 0.2) is 90.5 Å². The lowest BCUT2D eigenvalue weighted by Gasteiger charge is -2.56. The molecule has 0 aromatic heterocycles. The summed E-state index contributed by atoms with van der Waals surface area (Å²) in [7, 11) is 0. The van der Waals surface area contributed by atoms with E-state index in [1.54, 1.807) is 11.2 Å². The third-order valence-electron chi connectivity index (χ3n) is 7.32. The summed E-state index contributed by atoms with van der Waals surface area (Å²) in [5.74, 6) is 0.165. The van der Waals surface area contributed by atoms with Crippen LogP contribution in [0.1, 0.15) is 36.4 Å². The average molecular weight is 458 g/mol. The fourth-order valence-corrected chi connectivity index (χ4v) is 5.42. The number of para-hydroxylation sites is 1. The van der Waals surface area contributed by atoms with Crippen LogP contribution in [0.4, 0.5) is 0 Å². The van der Waals surface area contributed by atoms with Gasteiger partial charge in [0.1, 0.15) is 18.5 Å². The van der Waals surface area contributed by atoms with Crippen LogP contribution in [0.25, 0.3) is 0 Å². The van der Waals surface area contributed by atoms with Crippen LogP contribution in [-0.2, 0) is 4.79 Å². The summed E-state index contributed by atoms with van der Waals surface area (Å²) in [6, 6.07) is 17.7. The molecule has 2 aromatic carbocycles. The Morgan fingerprint density at radius 1 is 1.03 bits per heavy atom. The molecule has 2 bridgehead atoms. The van der Waals surface area contributed by atoms with Gasteiger partial charge in [0, 0.05) is 11.8 Å². The van der Waals surface area contributed by atoms with E-state index in [0.717, 1.165) is 36.1 Å². The lowest BCUT2D eigenvalue weighted by atomic mass is 9.74. The van der Waals surface area contributed by atoms with E-state index in [1.807, 2.05) is 53.4 Å². The summed E-state index contributed by atoms with van der Waals surface area (Å²) in [4.78, 5) is 15.7. The summed E-state index contributed by atoms with van der Waals surface area (Å²) in [6.45, 7) is 0.729. The van der Waals surface area contributed by atoms with Crippen molar-refractivity contribution in [3.8, 4) is 5.75 Å². The van der Waals surface area contributed by atoms with Crippen molar-refractivity contribution in [2.24, 2.45) is 0 Å². The van der Waals surface area contributed by atoms with Gasteiger partial charge in [0.15, 0.2) is 11.5 Å². The van der Waals surface area contributed by atoms with Crippen molar-refractivity contribution in [3.63, 3.8) is 0 Å². The highest BCUT2D eigenvalue weighted by atomic mass is 16.5. The standard InChI is InChI=1S/C27H27N3O4/c31-21-12-16-29-24(25(21)32)26(33)28-18-30(29)23(19-8-2-1-3-9-19)20-10-4-5-11-22(20)34-17-7-15-27(28)13-6-14-27/h1-5,7-12,15-16,21,23,31-32H,6,13-14,17-18H2/b15-7+/t21?,23-/m1/s1. The molecule has 7 nitrogen and oxygen atoms in total. The molecular weight excluding hydrogens is 430 g/mol. The van der Waals surface area contributed by atoms with E-state index in [4.69, 9.17) is 4.74 Å². The maximum absolute atomic E-state index is 13.8. The molecule has 34 heavy (non-hydrogen) atoms. The number of benzene rings is 2. The second-order valence-corrected chi connectivity index (χ2v) is 9.20. The zero-order valence-electron chi connectivity index (χ0n) is 18.7. The average Bonchev–Trinajstić information content (AvgIpc) is 2.85. The Labute approximate surface area is 198 Å². The van der Waals surface area contributed by atoms with E-state index in [-0.39, 0.29) is 23.4 Å². The number of rotatable bonds is 1. The Morgan fingerprint density at radius 2 is 1.79 bits per heavy atom. The molecule has 3 heterocycles. The largest absolute Gasteiger partial charge is 0.507 e. The first-order valence-corrected chi connectivity index (χ1v) is 11.7. The van der Waals surface area contributed by atoms with E-state index in [1.165, 1.54) is 6.08 Å². The molecule has 2 N–H and O–H groups in total. The van der Waals surface area contributed by atoms with Gasteiger partial charge in [-0.2, -0.15) is 5.01 Å². The number of nitrogens with zero attached hydrogens (tertiary/aromatic N) is 3. The SMILES string of the molecule is O=C1C2=C(O)C(O)C=CN2N2CN1C1(/C=C/COc3ccccc3[C@H]2c2ccccc2)CCC1. The molecule has 1 amide bonds. The first-order chi connectivity index (χ1) is 16.6. The number of carbonyl (C=O) groups excluding carboxylic acids is 1. The summed E-state index contributed by atoms with van der Waals surface area (Å²) >= 11 is 0. The van der Waals surface area contributed by atoms with Gasteiger partial charge in [0.05, 0.1) is 18.2 Å². The predicted molar refractivity (Wildman–Crippen MR) is 126 cm³/mol. The van der Waals surface area contributed by atoms with Crippen LogP contribution in [0.3, 0.4) is 0 Å². The molecule has 2 aromatic rings. The van der Waals surface area contributed by atoms with Crippen LogP contribution in [0.2, 0.25) is 0 Å². The molecule has 2 unspecified atom stereocenters. The summed E-state index contributed by atoms with van der Waals surface area (Å²) < 4.78 is 6.23. The first-order valence-electron chi connectivity index (χ1n) is 11.7. The fourth-order valence-electron chi connectivity index (χ4n) is 5.42. The Hall–Kier alpha value is -3.55. The normalized spacial score (nSPS) is 28.4. The number of fused-ring (bicyclic) bond motifs is 6. The topological polar surface area (TPSA) is 76.5 Å². The Kier molecular flexibility index (Phi) is 4.97. The van der Waals surface area contributed by atoms with Crippen molar-refractivity contribution < 1.29 is 19.7 Å². The Bertz CT molecular complexity index is 1200. The molecule has 2 fully saturated rings. The van der Waals surface area contributed by atoms with Gasteiger partial charge in [0.25, 0.3) is 5.91 Å². The molecular formula is C27H27N3O4. The Balaban J connectivity index is 1.59. The van der Waals surface area contributed by atoms with Crippen molar-refractivity contribution in [1.82, 2.24) is 14.9 Å². The molecule has 4 aliphatic rings. The van der Waals surface area contributed by atoms with Gasteiger partial charge in [-0.05, 0) is 43.0 Å². The number of amides is 1. The molecule has 1 saturated heterocycles. The van der Waals surface area contributed by atoms with Gasteiger partial charge >= 0.3 is 0 Å². The minimum Gasteiger partial charge on any atom is -0.507 e. The van der Waals surface area contributed by atoms with Crippen LogP contribution < -0.4 is 4.74 Å². The number of aliphatic hydroxyl groups excluding tert-OH is 2. The van der Waals surface area contributed by atoms with E-state index < -0.39 is 11.6 Å². The third kappa shape index (κ3) is 3.15. The van der Waals surface area contributed by atoms with Crippen LogP contribution >= 0.6 is 0 Å². The zero-order valence-corrected chi connectivity index (χ0v) is 18.7. The summed E-state index contributed by atoms with van der Waals surface area (Å²) in [6.07, 6.45) is 8.75. The molecule has 174 valence electrons. The smallest absolute Gasteiger partial charge is 0.277 e. The fraction of sp³-hybridized carbons (Fsp3) is 0.296. The summed E-state index contributed by atoms with van der Waals surface area (Å²) in [5, 5.41) is 25.0. The van der Waals surface area contributed by atoms with Crippen molar-refractivity contribution >= 4 is 5.91 Å². The second-order valence-electron chi connectivity index (χ2n) is 9.20. The highest BCUT2D eigenvalue weighted by Gasteiger charge is 2.51. The molecule has 7 heteroatoms. The molecule has 0 radical (unpaired) electrons. The monoisotopic (exact) mass is 457 g/mol. The van der Waals surface area contributed by atoms with Crippen molar-refractivity contribution in [3.05, 3.63) is 102 Å². The van der Waals surface area contributed by atoms with E-state index >= 15 is 0 Å². The number of hydrogen-bond acceptors (Lipinski definition) is 6. The van der Waals surface area contributed by atoms with E-state index in [0.29, 0.717) is 13.3 Å². The van der Waals surface area contributed by atoms with Crippen molar-refractivity contribution in [2.45, 2.75) is 36.9 Å². The number of hydrazine groups is 1. The highest BCUT2D eigenvalue weighted by molar-refractivity contribution is 5.95. The van der Waals surface area contributed by atoms with Gasteiger partial charge in [-0.3, -0.25) is 9.80 Å². The first kappa shape index (κ1) is 21.0. The lowest BCUT2D eigenvalue weighted by Crippen LogP contribution is -2.66.